The second-order valence-electron chi connectivity index (χ2n) is 3.39. The molecule has 11 heavy (non-hydrogen) atoms. The molecule has 0 aromatic rings. The van der Waals surface area contributed by atoms with Gasteiger partial charge in [0.1, 0.15) is 0 Å². The molecule has 3 nitrogen and oxygen atoms in total. The number of hydrogen-bond acceptors (Lipinski definition) is 3. The first-order valence-electron chi connectivity index (χ1n) is 4.00. The third-order valence-corrected chi connectivity index (χ3v) is 3.25. The molecular weight excluding hydrogens is 163 g/mol. The summed E-state index contributed by atoms with van der Waals surface area (Å²) in [5.74, 6) is 1.04. The molecule has 0 amide bonds. The first-order valence-corrected chi connectivity index (χ1v) is 5.09. The van der Waals surface area contributed by atoms with Crippen LogP contribution in [0, 0.1) is 11.8 Å². The molecule has 0 saturated carbocycles. The molecule has 0 aliphatic carbocycles. The van der Waals surface area contributed by atoms with E-state index in [2.05, 4.69) is 13.8 Å². The standard InChI is InChI=1S/C7H13O3P/c1-5(2)7-6-3-8-11(10-7)9-4-6/h5-7H,3-4H2,1-2H3. The van der Waals surface area contributed by atoms with E-state index in [-0.39, 0.29) is 0 Å². The van der Waals surface area contributed by atoms with Gasteiger partial charge in [-0.05, 0) is 5.92 Å². The Kier molecular flexibility index (Phi) is 2.15. The highest BCUT2D eigenvalue weighted by molar-refractivity contribution is 7.41. The fraction of sp³-hybridized carbons (Fsp3) is 1.00. The van der Waals surface area contributed by atoms with Gasteiger partial charge in [0.15, 0.2) is 0 Å². The summed E-state index contributed by atoms with van der Waals surface area (Å²) in [7, 11) is -0.975. The quantitative estimate of drug-likeness (QED) is 0.571. The molecule has 4 heteroatoms. The van der Waals surface area contributed by atoms with Gasteiger partial charge in [0, 0.05) is 5.92 Å². The molecule has 0 aromatic heterocycles. The lowest BCUT2D eigenvalue weighted by Crippen LogP contribution is -2.41. The summed E-state index contributed by atoms with van der Waals surface area (Å²) >= 11 is 0. The van der Waals surface area contributed by atoms with E-state index in [1.54, 1.807) is 0 Å². The molecule has 64 valence electrons. The summed E-state index contributed by atoms with van der Waals surface area (Å²) < 4.78 is 16.1. The highest BCUT2D eigenvalue weighted by Gasteiger charge is 2.40. The van der Waals surface area contributed by atoms with Gasteiger partial charge in [0.05, 0.1) is 19.3 Å². The Morgan fingerprint density at radius 2 is 1.91 bits per heavy atom. The maximum Gasteiger partial charge on any atom is 0.332 e. The van der Waals surface area contributed by atoms with E-state index in [0.29, 0.717) is 17.9 Å². The molecule has 1 atom stereocenters. The molecular formula is C7H13O3P. The molecule has 1 unspecified atom stereocenters. The monoisotopic (exact) mass is 176 g/mol. The SMILES string of the molecule is CC(C)C1OP2OCC1CO2. The van der Waals surface area contributed by atoms with Crippen molar-refractivity contribution < 1.29 is 13.6 Å². The third-order valence-electron chi connectivity index (χ3n) is 2.12. The van der Waals surface area contributed by atoms with Crippen molar-refractivity contribution in [2.75, 3.05) is 13.2 Å². The highest BCUT2D eigenvalue weighted by Crippen LogP contribution is 2.52. The minimum absolute atomic E-state index is 0.364. The maximum absolute atomic E-state index is 5.57. The Morgan fingerprint density at radius 3 is 2.18 bits per heavy atom. The van der Waals surface area contributed by atoms with Crippen LogP contribution in [0.4, 0.5) is 0 Å². The molecule has 3 aliphatic rings. The van der Waals surface area contributed by atoms with Crippen LogP contribution in [-0.2, 0) is 13.6 Å². The van der Waals surface area contributed by atoms with Gasteiger partial charge in [-0.25, -0.2) is 0 Å². The summed E-state index contributed by atoms with van der Waals surface area (Å²) in [4.78, 5) is 0. The maximum atomic E-state index is 5.57. The van der Waals surface area contributed by atoms with Crippen LogP contribution >= 0.6 is 8.60 Å². The zero-order valence-electron chi connectivity index (χ0n) is 6.82. The summed E-state index contributed by atoms with van der Waals surface area (Å²) in [5.41, 5.74) is 0. The van der Waals surface area contributed by atoms with Gasteiger partial charge >= 0.3 is 8.60 Å². The smallest absolute Gasteiger partial charge is 0.312 e. The van der Waals surface area contributed by atoms with Crippen molar-refractivity contribution in [3.05, 3.63) is 0 Å². The number of hydrogen-bond donors (Lipinski definition) is 0. The summed E-state index contributed by atoms with van der Waals surface area (Å²) in [5, 5.41) is 0. The van der Waals surface area contributed by atoms with Crippen LogP contribution in [0.2, 0.25) is 0 Å². The Balaban J connectivity index is 2.03. The van der Waals surface area contributed by atoms with E-state index in [1.807, 2.05) is 0 Å². The van der Waals surface area contributed by atoms with E-state index < -0.39 is 8.60 Å². The summed E-state index contributed by atoms with van der Waals surface area (Å²) in [6, 6.07) is 0. The fourth-order valence-electron chi connectivity index (χ4n) is 1.50. The van der Waals surface area contributed by atoms with Gasteiger partial charge in [-0.15, -0.1) is 0 Å². The Labute approximate surface area is 68.0 Å². The zero-order chi connectivity index (χ0) is 7.84. The first-order chi connectivity index (χ1) is 5.27. The molecule has 0 N–H and O–H groups in total. The van der Waals surface area contributed by atoms with Crippen LogP contribution in [-0.4, -0.2) is 19.3 Å². The normalized spacial score (nSPS) is 43.4. The molecule has 0 radical (unpaired) electrons. The number of fused-ring (bicyclic) bond motifs is 3. The fourth-order valence-corrected chi connectivity index (χ4v) is 2.94. The lowest BCUT2D eigenvalue weighted by Gasteiger charge is -2.41. The average Bonchev–Trinajstić information content (AvgIpc) is 2.06. The molecule has 3 aliphatic heterocycles. The Hall–Kier alpha value is 0.310. The Morgan fingerprint density at radius 1 is 1.27 bits per heavy atom. The Bertz CT molecular complexity index is 143. The molecule has 0 aromatic carbocycles. The second kappa shape index (κ2) is 2.98. The largest absolute Gasteiger partial charge is 0.332 e. The van der Waals surface area contributed by atoms with Crippen LogP contribution in [0.25, 0.3) is 0 Å². The lowest BCUT2D eigenvalue weighted by molar-refractivity contribution is -0.0701. The van der Waals surface area contributed by atoms with E-state index in [0.717, 1.165) is 13.2 Å². The van der Waals surface area contributed by atoms with Gasteiger partial charge < -0.3 is 13.6 Å². The van der Waals surface area contributed by atoms with Crippen LogP contribution in [0.5, 0.6) is 0 Å². The average molecular weight is 176 g/mol. The lowest BCUT2D eigenvalue weighted by atomic mass is 9.95. The highest BCUT2D eigenvalue weighted by atomic mass is 31.2. The van der Waals surface area contributed by atoms with Gasteiger partial charge in [-0.1, -0.05) is 13.8 Å². The van der Waals surface area contributed by atoms with Crippen molar-refractivity contribution in [3.8, 4) is 0 Å². The molecule has 0 spiro atoms. The predicted molar refractivity (Wildman–Crippen MR) is 42.0 cm³/mol. The first kappa shape index (κ1) is 7.93. The van der Waals surface area contributed by atoms with Crippen LogP contribution in [0.1, 0.15) is 13.8 Å². The van der Waals surface area contributed by atoms with Gasteiger partial charge in [-0.3, -0.25) is 0 Å². The summed E-state index contributed by atoms with van der Waals surface area (Å²) in [6.07, 6.45) is 0.364. The van der Waals surface area contributed by atoms with Crippen LogP contribution in [0.3, 0.4) is 0 Å². The van der Waals surface area contributed by atoms with E-state index in [4.69, 9.17) is 13.6 Å². The minimum Gasteiger partial charge on any atom is -0.312 e. The molecule has 3 heterocycles. The van der Waals surface area contributed by atoms with Gasteiger partial charge in [-0.2, -0.15) is 0 Å². The third kappa shape index (κ3) is 1.43. The van der Waals surface area contributed by atoms with Crippen molar-refractivity contribution in [2.45, 2.75) is 20.0 Å². The van der Waals surface area contributed by atoms with Crippen molar-refractivity contribution >= 4 is 8.60 Å². The van der Waals surface area contributed by atoms with E-state index in [9.17, 15) is 0 Å². The predicted octanol–water partition coefficient (Wildman–Crippen LogP) is 1.93. The van der Waals surface area contributed by atoms with Crippen molar-refractivity contribution in [2.24, 2.45) is 11.8 Å². The molecule has 2 bridgehead atoms. The van der Waals surface area contributed by atoms with Crippen molar-refractivity contribution in [3.63, 3.8) is 0 Å². The molecule has 3 saturated heterocycles. The van der Waals surface area contributed by atoms with E-state index >= 15 is 0 Å². The summed E-state index contributed by atoms with van der Waals surface area (Å²) in [6.45, 7) is 6.02. The zero-order valence-corrected chi connectivity index (χ0v) is 7.71. The minimum atomic E-state index is -0.975. The van der Waals surface area contributed by atoms with Crippen LogP contribution < -0.4 is 0 Å². The van der Waals surface area contributed by atoms with Gasteiger partial charge in [0.25, 0.3) is 0 Å². The molecule has 3 fully saturated rings. The van der Waals surface area contributed by atoms with E-state index in [1.165, 1.54) is 0 Å². The van der Waals surface area contributed by atoms with Gasteiger partial charge in [0.2, 0.25) is 0 Å². The number of rotatable bonds is 1. The topological polar surface area (TPSA) is 27.7 Å². The van der Waals surface area contributed by atoms with Crippen LogP contribution in [0.15, 0.2) is 0 Å². The van der Waals surface area contributed by atoms with Crippen molar-refractivity contribution in [1.29, 1.82) is 0 Å². The van der Waals surface area contributed by atoms with Crippen molar-refractivity contribution in [1.82, 2.24) is 0 Å². The molecule has 3 rings (SSSR count). The second-order valence-corrected chi connectivity index (χ2v) is 4.56.